The van der Waals surface area contributed by atoms with Crippen molar-refractivity contribution in [2.24, 2.45) is 0 Å². The molecule has 0 spiro atoms. The summed E-state index contributed by atoms with van der Waals surface area (Å²) >= 11 is 0. The fourth-order valence-corrected chi connectivity index (χ4v) is 1.44. The zero-order valence-electron chi connectivity index (χ0n) is 10.7. The van der Waals surface area contributed by atoms with Gasteiger partial charge in [-0.1, -0.05) is 11.6 Å². The summed E-state index contributed by atoms with van der Waals surface area (Å²) in [7, 11) is 1.50. The summed E-state index contributed by atoms with van der Waals surface area (Å²) in [6, 6.07) is 5.29. The van der Waals surface area contributed by atoms with Crippen molar-refractivity contribution in [1.29, 1.82) is 0 Å². The van der Waals surface area contributed by atoms with E-state index in [0.29, 0.717) is 11.3 Å². The largest absolute Gasteiger partial charge is 0.496 e. The Bertz CT molecular complexity index is 475. The molecule has 0 saturated heterocycles. The molecule has 1 aromatic rings. The van der Waals surface area contributed by atoms with Gasteiger partial charge in [-0.2, -0.15) is 0 Å². The van der Waals surface area contributed by atoms with Crippen LogP contribution in [0.5, 0.6) is 5.75 Å². The SMILES string of the molecule is CCOC(=O)/C=C/C(=O)c1cc(C)ccc1OC. The Morgan fingerprint density at radius 2 is 2.00 bits per heavy atom. The lowest BCUT2D eigenvalue weighted by atomic mass is 10.1. The average Bonchev–Trinajstić information content (AvgIpc) is 2.36. The van der Waals surface area contributed by atoms with E-state index in [2.05, 4.69) is 0 Å². The van der Waals surface area contributed by atoms with Gasteiger partial charge in [0.25, 0.3) is 0 Å². The average molecular weight is 248 g/mol. The maximum atomic E-state index is 11.9. The number of methoxy groups -OCH3 is 1. The molecule has 0 atom stereocenters. The van der Waals surface area contributed by atoms with Crippen LogP contribution in [0.25, 0.3) is 0 Å². The summed E-state index contributed by atoms with van der Waals surface area (Å²) < 4.78 is 9.80. The van der Waals surface area contributed by atoms with Crippen molar-refractivity contribution in [2.45, 2.75) is 13.8 Å². The van der Waals surface area contributed by atoms with E-state index in [1.807, 2.05) is 13.0 Å². The first kappa shape index (κ1) is 14.0. The first-order valence-corrected chi connectivity index (χ1v) is 5.62. The van der Waals surface area contributed by atoms with Gasteiger partial charge < -0.3 is 9.47 Å². The summed E-state index contributed by atoms with van der Waals surface area (Å²) in [5, 5.41) is 0. The Morgan fingerprint density at radius 1 is 1.28 bits per heavy atom. The molecule has 0 aliphatic carbocycles. The number of carbonyl (C=O) groups is 2. The molecule has 18 heavy (non-hydrogen) atoms. The molecular formula is C14H16O4. The van der Waals surface area contributed by atoms with Crippen molar-refractivity contribution in [3.63, 3.8) is 0 Å². The predicted octanol–water partition coefficient (Wildman–Crippen LogP) is 2.31. The zero-order chi connectivity index (χ0) is 13.5. The molecule has 0 heterocycles. The third-order valence-electron chi connectivity index (χ3n) is 2.28. The number of hydrogen-bond acceptors (Lipinski definition) is 4. The first-order chi connectivity index (χ1) is 8.58. The maximum absolute atomic E-state index is 11.9. The minimum Gasteiger partial charge on any atom is -0.496 e. The summed E-state index contributed by atoms with van der Waals surface area (Å²) in [6.07, 6.45) is 2.31. The smallest absolute Gasteiger partial charge is 0.330 e. The molecular weight excluding hydrogens is 232 g/mol. The van der Waals surface area contributed by atoms with E-state index < -0.39 is 5.97 Å². The van der Waals surface area contributed by atoms with Crippen LogP contribution in [0, 0.1) is 6.92 Å². The molecule has 4 nitrogen and oxygen atoms in total. The highest BCUT2D eigenvalue weighted by Crippen LogP contribution is 2.20. The van der Waals surface area contributed by atoms with Gasteiger partial charge in [-0.3, -0.25) is 4.79 Å². The van der Waals surface area contributed by atoms with E-state index in [-0.39, 0.29) is 12.4 Å². The van der Waals surface area contributed by atoms with Crippen LogP contribution in [0.3, 0.4) is 0 Å². The predicted molar refractivity (Wildman–Crippen MR) is 67.8 cm³/mol. The third kappa shape index (κ3) is 3.73. The van der Waals surface area contributed by atoms with E-state index in [4.69, 9.17) is 9.47 Å². The lowest BCUT2D eigenvalue weighted by molar-refractivity contribution is -0.137. The van der Waals surface area contributed by atoms with Gasteiger partial charge in [0.1, 0.15) is 5.75 Å². The number of rotatable bonds is 5. The van der Waals surface area contributed by atoms with Crippen molar-refractivity contribution >= 4 is 11.8 Å². The highest BCUT2D eigenvalue weighted by atomic mass is 16.5. The minimum atomic E-state index is -0.530. The summed E-state index contributed by atoms with van der Waals surface area (Å²) in [4.78, 5) is 23.0. The normalized spacial score (nSPS) is 10.4. The lowest BCUT2D eigenvalue weighted by Crippen LogP contribution is -2.03. The van der Waals surface area contributed by atoms with E-state index in [9.17, 15) is 9.59 Å². The molecule has 0 fully saturated rings. The quantitative estimate of drug-likeness (QED) is 0.456. The Labute approximate surface area is 106 Å². The fraction of sp³-hybridized carbons (Fsp3) is 0.286. The molecule has 0 bridgehead atoms. The van der Waals surface area contributed by atoms with Crippen LogP contribution in [0.1, 0.15) is 22.8 Å². The molecule has 0 unspecified atom stereocenters. The molecule has 0 radical (unpaired) electrons. The molecule has 1 rings (SSSR count). The van der Waals surface area contributed by atoms with Crippen molar-refractivity contribution in [2.75, 3.05) is 13.7 Å². The standard InChI is InChI=1S/C14H16O4/c1-4-18-14(16)8-6-12(15)11-9-10(2)5-7-13(11)17-3/h5-9H,4H2,1-3H3/b8-6+. The van der Waals surface area contributed by atoms with Crippen molar-refractivity contribution in [3.8, 4) is 5.75 Å². The third-order valence-corrected chi connectivity index (χ3v) is 2.28. The number of benzene rings is 1. The van der Waals surface area contributed by atoms with Crippen LogP contribution in [-0.4, -0.2) is 25.5 Å². The van der Waals surface area contributed by atoms with Crippen LogP contribution in [0.15, 0.2) is 30.4 Å². The monoisotopic (exact) mass is 248 g/mol. The number of allylic oxidation sites excluding steroid dienone is 1. The summed E-state index contributed by atoms with van der Waals surface area (Å²) in [6.45, 7) is 3.87. The second kappa shape index (κ2) is 6.59. The van der Waals surface area contributed by atoms with E-state index >= 15 is 0 Å². The Morgan fingerprint density at radius 3 is 2.61 bits per heavy atom. The van der Waals surface area contributed by atoms with E-state index in [1.54, 1.807) is 19.1 Å². The van der Waals surface area contributed by atoms with Gasteiger partial charge in [-0.05, 0) is 32.1 Å². The van der Waals surface area contributed by atoms with E-state index in [0.717, 1.165) is 11.6 Å². The maximum Gasteiger partial charge on any atom is 0.330 e. The van der Waals surface area contributed by atoms with Gasteiger partial charge in [0.05, 0.1) is 19.3 Å². The Hall–Kier alpha value is -2.10. The van der Waals surface area contributed by atoms with Gasteiger partial charge in [-0.15, -0.1) is 0 Å². The first-order valence-electron chi connectivity index (χ1n) is 5.62. The minimum absolute atomic E-state index is 0.283. The number of hydrogen-bond donors (Lipinski definition) is 0. The van der Waals surface area contributed by atoms with Crippen LogP contribution >= 0.6 is 0 Å². The van der Waals surface area contributed by atoms with Crippen molar-refractivity contribution in [3.05, 3.63) is 41.5 Å². The van der Waals surface area contributed by atoms with Crippen molar-refractivity contribution in [1.82, 2.24) is 0 Å². The van der Waals surface area contributed by atoms with Gasteiger partial charge in [0.15, 0.2) is 5.78 Å². The fourth-order valence-electron chi connectivity index (χ4n) is 1.44. The second-order valence-electron chi connectivity index (χ2n) is 3.65. The highest BCUT2D eigenvalue weighted by molar-refractivity contribution is 6.08. The molecule has 1 aromatic carbocycles. The van der Waals surface area contributed by atoms with Gasteiger partial charge in [0.2, 0.25) is 0 Å². The van der Waals surface area contributed by atoms with Crippen molar-refractivity contribution < 1.29 is 19.1 Å². The van der Waals surface area contributed by atoms with Crippen LogP contribution in [0.2, 0.25) is 0 Å². The van der Waals surface area contributed by atoms with Crippen LogP contribution in [0.4, 0.5) is 0 Å². The Balaban J connectivity index is 2.90. The second-order valence-corrected chi connectivity index (χ2v) is 3.65. The zero-order valence-corrected chi connectivity index (χ0v) is 10.7. The molecule has 0 aliphatic rings. The molecule has 0 aromatic heterocycles. The number of esters is 1. The van der Waals surface area contributed by atoms with Gasteiger partial charge in [0, 0.05) is 6.08 Å². The number of ether oxygens (including phenoxy) is 2. The van der Waals surface area contributed by atoms with E-state index in [1.165, 1.54) is 13.2 Å². The summed E-state index contributed by atoms with van der Waals surface area (Å²) in [5.41, 5.74) is 1.38. The Kier molecular flexibility index (Phi) is 5.11. The van der Waals surface area contributed by atoms with Gasteiger partial charge >= 0.3 is 5.97 Å². The molecule has 4 heteroatoms. The number of carbonyl (C=O) groups excluding carboxylic acids is 2. The highest BCUT2D eigenvalue weighted by Gasteiger charge is 2.10. The molecule has 96 valence electrons. The molecule has 0 saturated carbocycles. The number of ketones is 1. The number of aryl methyl sites for hydroxylation is 1. The lowest BCUT2D eigenvalue weighted by Gasteiger charge is -2.06. The molecule has 0 amide bonds. The molecule has 0 N–H and O–H groups in total. The van der Waals surface area contributed by atoms with Crippen LogP contribution in [-0.2, 0) is 9.53 Å². The topological polar surface area (TPSA) is 52.6 Å². The molecule has 0 aliphatic heterocycles. The van der Waals surface area contributed by atoms with Gasteiger partial charge in [-0.25, -0.2) is 4.79 Å². The summed E-state index contributed by atoms with van der Waals surface area (Å²) in [5.74, 6) is -0.333. The van der Waals surface area contributed by atoms with Crippen LogP contribution < -0.4 is 4.74 Å².